The van der Waals surface area contributed by atoms with Crippen molar-refractivity contribution in [1.82, 2.24) is 9.13 Å². The van der Waals surface area contributed by atoms with Gasteiger partial charge in [0.25, 0.3) is 0 Å². The maximum absolute atomic E-state index is 11.8. The van der Waals surface area contributed by atoms with Crippen molar-refractivity contribution in [3.63, 3.8) is 0 Å². The monoisotopic (exact) mass is 210 g/mol. The Balaban J connectivity index is 2.26. The molecular weight excluding hydrogens is 192 g/mol. The van der Waals surface area contributed by atoms with E-state index in [0.29, 0.717) is 0 Å². The molecule has 1 fully saturated rings. The molecule has 0 aromatic carbocycles. The van der Waals surface area contributed by atoms with Crippen molar-refractivity contribution in [1.29, 1.82) is 0 Å². The summed E-state index contributed by atoms with van der Waals surface area (Å²) in [6.45, 7) is 1.96. The first kappa shape index (κ1) is 10.5. The van der Waals surface area contributed by atoms with Gasteiger partial charge in [-0.2, -0.15) is 0 Å². The topological polar surface area (TPSA) is 47.2 Å². The maximum Gasteiger partial charge on any atom is 0.328 e. The number of hydrogen-bond acceptors (Lipinski definition) is 2. The van der Waals surface area contributed by atoms with E-state index in [-0.39, 0.29) is 17.8 Å². The number of aryl methyl sites for hydroxylation is 2. The zero-order valence-electron chi connectivity index (χ0n) is 9.31. The molecule has 4 nitrogen and oxygen atoms in total. The van der Waals surface area contributed by atoms with Crippen LogP contribution in [0.4, 0.5) is 0 Å². The third-order valence-corrected chi connectivity index (χ3v) is 3.30. The van der Waals surface area contributed by atoms with Gasteiger partial charge in [-0.3, -0.25) is 4.57 Å². The first-order chi connectivity index (χ1) is 7.09. The van der Waals surface area contributed by atoms with Gasteiger partial charge in [0.15, 0.2) is 0 Å². The third-order valence-electron chi connectivity index (χ3n) is 3.30. The molecule has 15 heavy (non-hydrogen) atoms. The van der Waals surface area contributed by atoms with Crippen molar-refractivity contribution < 1.29 is 5.11 Å². The predicted molar refractivity (Wildman–Crippen MR) is 57.9 cm³/mol. The fraction of sp³-hybridized carbons (Fsp3) is 0.727. The quantitative estimate of drug-likeness (QED) is 0.751. The number of aliphatic hydroxyl groups is 1. The minimum absolute atomic E-state index is 0.0638. The zero-order valence-corrected chi connectivity index (χ0v) is 9.31. The van der Waals surface area contributed by atoms with Crippen LogP contribution in [-0.4, -0.2) is 20.3 Å². The van der Waals surface area contributed by atoms with Gasteiger partial charge in [0.1, 0.15) is 0 Å². The van der Waals surface area contributed by atoms with Crippen LogP contribution in [0.3, 0.4) is 0 Å². The summed E-state index contributed by atoms with van der Waals surface area (Å²) in [5, 5.41) is 9.43. The highest BCUT2D eigenvalue weighted by atomic mass is 16.3. The number of hydrogen-bond donors (Lipinski definition) is 1. The molecule has 0 unspecified atom stereocenters. The van der Waals surface area contributed by atoms with Crippen molar-refractivity contribution in [3.8, 4) is 0 Å². The van der Waals surface area contributed by atoms with Gasteiger partial charge in [0.2, 0.25) is 0 Å². The van der Waals surface area contributed by atoms with Crippen LogP contribution < -0.4 is 5.69 Å². The maximum atomic E-state index is 11.8. The third kappa shape index (κ3) is 1.86. The Morgan fingerprint density at radius 1 is 1.33 bits per heavy atom. The predicted octanol–water partition coefficient (Wildman–Crippen LogP) is 0.971. The lowest BCUT2D eigenvalue weighted by atomic mass is 9.93. The minimum Gasteiger partial charge on any atom is -0.393 e. The summed E-state index contributed by atoms with van der Waals surface area (Å²) in [5.74, 6) is 0. The molecule has 1 aliphatic carbocycles. The van der Waals surface area contributed by atoms with E-state index < -0.39 is 0 Å². The second kappa shape index (κ2) is 3.85. The van der Waals surface area contributed by atoms with Gasteiger partial charge in [-0.05, 0) is 32.6 Å². The number of aliphatic hydroxyl groups excluding tert-OH is 1. The Morgan fingerprint density at radius 2 is 1.93 bits per heavy atom. The van der Waals surface area contributed by atoms with Crippen molar-refractivity contribution in [3.05, 3.63) is 22.4 Å². The van der Waals surface area contributed by atoms with Crippen LogP contribution >= 0.6 is 0 Å². The average Bonchev–Trinajstić information content (AvgIpc) is 2.44. The Labute approximate surface area is 89.1 Å². The van der Waals surface area contributed by atoms with Crippen molar-refractivity contribution >= 4 is 0 Å². The minimum atomic E-state index is -0.166. The molecule has 0 amide bonds. The van der Waals surface area contributed by atoms with Gasteiger partial charge in [0, 0.05) is 25.0 Å². The first-order valence-corrected chi connectivity index (χ1v) is 5.52. The van der Waals surface area contributed by atoms with E-state index >= 15 is 0 Å². The molecule has 1 N–H and O–H groups in total. The highest BCUT2D eigenvalue weighted by Gasteiger charge is 2.23. The fourth-order valence-corrected chi connectivity index (χ4v) is 2.48. The van der Waals surface area contributed by atoms with Crippen LogP contribution in [-0.2, 0) is 7.05 Å². The largest absolute Gasteiger partial charge is 0.393 e. The summed E-state index contributed by atoms with van der Waals surface area (Å²) in [6.07, 6.45) is 5.14. The molecule has 0 spiro atoms. The van der Waals surface area contributed by atoms with Crippen LogP contribution in [0.1, 0.15) is 37.4 Å². The fourth-order valence-electron chi connectivity index (χ4n) is 2.48. The second-order valence-corrected chi connectivity index (χ2v) is 4.50. The standard InChI is InChI=1S/C11H18N2O2/c1-8-7-12(2)11(15)13(8)9-3-5-10(14)6-4-9/h7,9-10,14H,3-6H2,1-2H3. The average molecular weight is 210 g/mol. The van der Waals surface area contributed by atoms with Gasteiger partial charge in [-0.1, -0.05) is 0 Å². The second-order valence-electron chi connectivity index (χ2n) is 4.50. The summed E-state index contributed by atoms with van der Waals surface area (Å²) >= 11 is 0. The first-order valence-electron chi connectivity index (χ1n) is 5.52. The highest BCUT2D eigenvalue weighted by Crippen LogP contribution is 2.28. The lowest BCUT2D eigenvalue weighted by Crippen LogP contribution is -2.30. The molecular formula is C11H18N2O2. The van der Waals surface area contributed by atoms with E-state index in [2.05, 4.69) is 0 Å². The van der Waals surface area contributed by atoms with Gasteiger partial charge in [-0.25, -0.2) is 4.79 Å². The summed E-state index contributed by atoms with van der Waals surface area (Å²) in [6, 6.07) is 0.280. The number of aromatic nitrogens is 2. The van der Waals surface area contributed by atoms with Crippen LogP contribution in [0.5, 0.6) is 0 Å². The van der Waals surface area contributed by atoms with Crippen LogP contribution in [0.25, 0.3) is 0 Å². The molecule has 1 aliphatic rings. The normalized spacial score (nSPS) is 26.9. The zero-order chi connectivity index (χ0) is 11.0. The summed E-state index contributed by atoms with van der Waals surface area (Å²) < 4.78 is 3.49. The molecule has 1 aromatic rings. The van der Waals surface area contributed by atoms with E-state index in [1.807, 2.05) is 17.7 Å². The molecule has 84 valence electrons. The van der Waals surface area contributed by atoms with Crippen LogP contribution in [0.2, 0.25) is 0 Å². The SMILES string of the molecule is Cc1cn(C)c(=O)n1C1CCC(O)CC1. The Hall–Kier alpha value is -1.03. The van der Waals surface area contributed by atoms with Gasteiger partial charge >= 0.3 is 5.69 Å². The van der Waals surface area contributed by atoms with Gasteiger partial charge in [0.05, 0.1) is 6.10 Å². The van der Waals surface area contributed by atoms with Crippen molar-refractivity contribution in [2.45, 2.75) is 44.8 Å². The Bertz CT molecular complexity index is 397. The van der Waals surface area contributed by atoms with Crippen LogP contribution in [0, 0.1) is 6.92 Å². The molecule has 1 saturated carbocycles. The summed E-state index contributed by atoms with van der Waals surface area (Å²) in [5.41, 5.74) is 1.08. The smallest absolute Gasteiger partial charge is 0.328 e. The van der Waals surface area contributed by atoms with Gasteiger partial charge < -0.3 is 9.67 Å². The molecule has 2 rings (SSSR count). The molecule has 0 bridgehead atoms. The lowest BCUT2D eigenvalue weighted by molar-refractivity contribution is 0.109. The van der Waals surface area contributed by atoms with Crippen LogP contribution in [0.15, 0.2) is 11.0 Å². The number of rotatable bonds is 1. The van der Waals surface area contributed by atoms with Crippen molar-refractivity contribution in [2.24, 2.45) is 7.05 Å². The lowest BCUT2D eigenvalue weighted by Gasteiger charge is -2.26. The molecule has 1 aromatic heterocycles. The van der Waals surface area contributed by atoms with E-state index in [4.69, 9.17) is 0 Å². The Morgan fingerprint density at radius 3 is 2.40 bits per heavy atom. The number of imidazole rings is 1. The Kier molecular flexibility index (Phi) is 2.69. The molecule has 0 atom stereocenters. The summed E-state index contributed by atoms with van der Waals surface area (Å²) in [7, 11) is 1.78. The molecule has 0 radical (unpaired) electrons. The highest BCUT2D eigenvalue weighted by molar-refractivity contribution is 5.00. The molecule has 4 heteroatoms. The van der Waals surface area contributed by atoms with E-state index in [9.17, 15) is 9.90 Å². The summed E-state index contributed by atoms with van der Waals surface area (Å²) in [4.78, 5) is 11.8. The van der Waals surface area contributed by atoms with Gasteiger partial charge in [-0.15, -0.1) is 0 Å². The van der Waals surface area contributed by atoms with E-state index in [1.165, 1.54) is 0 Å². The molecule has 1 heterocycles. The van der Waals surface area contributed by atoms with Crippen molar-refractivity contribution in [2.75, 3.05) is 0 Å². The number of nitrogens with zero attached hydrogens (tertiary/aromatic N) is 2. The van der Waals surface area contributed by atoms with E-state index in [1.54, 1.807) is 11.6 Å². The molecule has 0 aliphatic heterocycles. The van der Waals surface area contributed by atoms with E-state index in [0.717, 1.165) is 31.4 Å². The molecule has 0 saturated heterocycles.